The number of quaternary nitrogens is 3. The molecular weight excluding hydrogens is 1080 g/mol. The number of fused-ring (bicyclic) bond motifs is 1. The highest BCUT2D eigenvalue weighted by Gasteiger charge is 2.19. The maximum Gasteiger partial charge on any atom is 0.163 e. The van der Waals surface area contributed by atoms with E-state index >= 15 is 0 Å². The molecular formula is C70H57N9O7. The average molecular weight is 1140 g/mol. The molecule has 12 aromatic rings. The van der Waals surface area contributed by atoms with Crippen LogP contribution in [0, 0.1) is 15.6 Å². The van der Waals surface area contributed by atoms with E-state index in [9.17, 15) is 15.6 Å². The second-order valence-electron chi connectivity index (χ2n) is 20.0. The first kappa shape index (κ1) is 55.2. The second-order valence-corrected chi connectivity index (χ2v) is 20.0. The molecule has 0 bridgehead atoms. The summed E-state index contributed by atoms with van der Waals surface area (Å²) in [6.45, 7) is 0. The monoisotopic (exact) mass is 1140 g/mol. The molecule has 12 aromatic carbocycles. The van der Waals surface area contributed by atoms with Gasteiger partial charge in [0.2, 0.25) is 0 Å². The van der Waals surface area contributed by atoms with E-state index in [1.54, 1.807) is 127 Å². The number of hydrazine groups is 2. The minimum absolute atomic E-state index is 0.274. The van der Waals surface area contributed by atoms with E-state index in [0.717, 1.165) is 27.6 Å². The lowest BCUT2D eigenvalue weighted by Gasteiger charge is -2.26. The van der Waals surface area contributed by atoms with Gasteiger partial charge in [0.15, 0.2) is 17.1 Å². The van der Waals surface area contributed by atoms with Gasteiger partial charge in [0, 0.05) is 60.3 Å². The number of nitrogen functional groups attached to an aromatic ring is 2. The molecule has 0 aliphatic rings. The van der Waals surface area contributed by atoms with Gasteiger partial charge in [-0.15, -0.1) is 0 Å². The molecule has 3 atom stereocenters. The minimum atomic E-state index is -0.317. The van der Waals surface area contributed by atoms with Gasteiger partial charge in [-0.3, -0.25) is 10.9 Å². The van der Waals surface area contributed by atoms with Gasteiger partial charge in [-0.05, 0) is 155 Å². The van der Waals surface area contributed by atoms with Crippen LogP contribution in [0.2, 0.25) is 0 Å². The zero-order valence-electron chi connectivity index (χ0n) is 46.1. The van der Waals surface area contributed by atoms with Crippen molar-refractivity contribution in [2.24, 2.45) is 0 Å². The van der Waals surface area contributed by atoms with Gasteiger partial charge in [-0.25, -0.2) is 0 Å². The summed E-state index contributed by atoms with van der Waals surface area (Å²) in [6, 6.07) is 84.4. The number of hydrogen-bond donors (Lipinski definition) is 9. The fraction of sp³-hybridized carbons (Fsp3) is 0. The third-order valence-corrected chi connectivity index (χ3v) is 14.1. The third kappa shape index (κ3) is 13.3. The number of benzene rings is 12. The Morgan fingerprint density at radius 1 is 0.279 bits per heavy atom. The number of nitrogens with two attached hydrogens (primary N) is 2. The van der Waals surface area contributed by atoms with E-state index in [1.165, 1.54) is 0 Å². The molecule has 16 nitrogen and oxygen atoms in total. The van der Waals surface area contributed by atoms with Crippen LogP contribution in [0.5, 0.6) is 46.0 Å². The molecule has 0 aliphatic carbocycles. The zero-order chi connectivity index (χ0) is 58.8. The van der Waals surface area contributed by atoms with Crippen molar-refractivity contribution in [3.63, 3.8) is 0 Å². The SMILES string of the molecule is Nc1ccc(NNc2ccc(NNc3ccc(N)c([NH+]([O-])c4ccc(Oc5ccc6ccccc6c5)cc4)c3)c([NH+]([O-])c3ccc(Oc4ccc(-c5ccccc5)cc4)cc3)c2)c([NH+]([O-])c2ccc(Oc3ccc(Oc4ccccc4)cc3)cc2)c1. The first-order valence-electron chi connectivity index (χ1n) is 27.5. The summed E-state index contributed by atoms with van der Waals surface area (Å²) in [6.07, 6.45) is 0. The van der Waals surface area contributed by atoms with Gasteiger partial charge in [-0.1, -0.05) is 91.0 Å². The Hall–Kier alpha value is -11.3. The number of hydrogen-bond acceptors (Lipinski definition) is 13. The van der Waals surface area contributed by atoms with Crippen LogP contribution in [0.1, 0.15) is 0 Å². The first-order chi connectivity index (χ1) is 42.1. The summed E-state index contributed by atoms with van der Waals surface area (Å²) in [4.78, 5) is 0. The van der Waals surface area contributed by atoms with E-state index in [2.05, 4.69) is 33.8 Å². The molecule has 0 heterocycles. The third-order valence-electron chi connectivity index (χ3n) is 14.1. The summed E-state index contributed by atoms with van der Waals surface area (Å²) in [7, 11) is 0. The first-order valence-corrected chi connectivity index (χ1v) is 27.5. The van der Waals surface area contributed by atoms with Crippen LogP contribution in [0.3, 0.4) is 0 Å². The van der Waals surface area contributed by atoms with Crippen LogP contribution < -0.4 is 67.3 Å². The van der Waals surface area contributed by atoms with Crippen molar-refractivity contribution < 1.29 is 34.1 Å². The zero-order valence-corrected chi connectivity index (χ0v) is 46.1. The Labute approximate surface area is 495 Å². The largest absolute Gasteiger partial charge is 0.623 e. The summed E-state index contributed by atoms with van der Waals surface area (Å²) < 4.78 is 24.3. The van der Waals surface area contributed by atoms with Crippen molar-refractivity contribution in [3.05, 3.63) is 295 Å². The summed E-state index contributed by atoms with van der Waals surface area (Å²) in [5.74, 6) is 4.97. The Kier molecular flexibility index (Phi) is 16.3. The number of para-hydroxylation sites is 1. The predicted octanol–water partition coefficient (Wildman–Crippen LogP) is 14.8. The summed E-state index contributed by atoms with van der Waals surface area (Å²) in [5.41, 5.74) is 32.2. The van der Waals surface area contributed by atoms with E-state index in [0.29, 0.717) is 91.4 Å². The Morgan fingerprint density at radius 3 is 1.19 bits per heavy atom. The van der Waals surface area contributed by atoms with Gasteiger partial charge >= 0.3 is 0 Å². The van der Waals surface area contributed by atoms with Crippen molar-refractivity contribution in [2.45, 2.75) is 0 Å². The van der Waals surface area contributed by atoms with Crippen LogP contribution in [0.25, 0.3) is 21.9 Å². The fourth-order valence-electron chi connectivity index (χ4n) is 9.56. The van der Waals surface area contributed by atoms with Crippen molar-refractivity contribution in [3.8, 4) is 57.1 Å². The van der Waals surface area contributed by atoms with E-state index in [4.69, 9.17) is 30.4 Å². The number of nitrogens with one attached hydrogen (secondary N) is 7. The van der Waals surface area contributed by atoms with Gasteiger partial charge in [0.25, 0.3) is 0 Å². The highest BCUT2D eigenvalue weighted by Crippen LogP contribution is 2.33. The van der Waals surface area contributed by atoms with Gasteiger partial charge < -0.3 is 72.1 Å². The molecule has 0 radical (unpaired) electrons. The Morgan fingerprint density at radius 2 is 0.651 bits per heavy atom. The van der Waals surface area contributed by atoms with Gasteiger partial charge in [0.05, 0.1) is 17.1 Å². The number of anilines is 6. The average Bonchev–Trinajstić information content (AvgIpc) is 3.56. The number of rotatable bonds is 21. The van der Waals surface area contributed by atoms with Crippen LogP contribution in [0.15, 0.2) is 279 Å². The molecule has 0 saturated heterocycles. The second kappa shape index (κ2) is 25.4. The van der Waals surface area contributed by atoms with E-state index in [-0.39, 0.29) is 32.3 Å². The van der Waals surface area contributed by atoms with Crippen LogP contribution in [-0.4, -0.2) is 0 Å². The lowest BCUT2D eigenvalue weighted by Crippen LogP contribution is -2.96. The minimum Gasteiger partial charge on any atom is -0.623 e. The number of ether oxygens (including phenoxy) is 4. The smallest absolute Gasteiger partial charge is 0.163 e. The molecule has 86 heavy (non-hydrogen) atoms. The molecule has 3 unspecified atom stereocenters. The highest BCUT2D eigenvalue weighted by atomic mass is 16.5. The van der Waals surface area contributed by atoms with Crippen molar-refractivity contribution in [2.75, 3.05) is 33.2 Å². The molecule has 11 N–H and O–H groups in total. The van der Waals surface area contributed by atoms with E-state index < -0.39 is 0 Å². The molecule has 424 valence electrons. The molecule has 0 saturated carbocycles. The topological polar surface area (TPSA) is 220 Å². The molecule has 0 aromatic heterocycles. The molecule has 0 fully saturated rings. The standard InChI is InChI=1S/C70H57N9O7/c71-51-18-41-66(69(44-51)78(81)55-23-30-60(31-24-55)85-63-38-36-62(37-39-63)83-57-13-5-2-6-14-57)75-74-53-20-42-67(70(46-53)79(82)56-25-32-59(33-26-56)84-58-27-15-49(16-28-58)47-9-3-1-4-10-47)76-73-52-19-40-65(72)68(45-52)77(80)54-21-34-61(35-22-54)86-64-29-17-48-11-7-8-12-50(48)43-64/h1-46,73-79H,71-72H2. The lowest BCUT2D eigenvalue weighted by molar-refractivity contribution is -0.697. The molecule has 0 spiro atoms. The van der Waals surface area contributed by atoms with Crippen LogP contribution in [0.4, 0.5) is 68.2 Å². The molecule has 0 aliphatic heterocycles. The lowest BCUT2D eigenvalue weighted by atomic mass is 10.1. The van der Waals surface area contributed by atoms with Crippen molar-refractivity contribution >= 4 is 79.0 Å². The maximum atomic E-state index is 14.7. The Bertz CT molecular complexity index is 4240. The van der Waals surface area contributed by atoms with Crippen LogP contribution >= 0.6 is 0 Å². The van der Waals surface area contributed by atoms with Gasteiger partial charge in [0.1, 0.15) is 74.4 Å². The van der Waals surface area contributed by atoms with Crippen molar-refractivity contribution in [1.82, 2.24) is 0 Å². The molecule has 16 heteroatoms. The van der Waals surface area contributed by atoms with E-state index in [1.807, 2.05) is 140 Å². The summed E-state index contributed by atoms with van der Waals surface area (Å²) >= 11 is 0. The molecule has 0 amide bonds. The quantitative estimate of drug-likeness (QED) is 0.0242. The van der Waals surface area contributed by atoms with Gasteiger partial charge in [-0.2, -0.15) is 0 Å². The fourth-order valence-corrected chi connectivity index (χ4v) is 9.56. The maximum absolute atomic E-state index is 14.7. The normalized spacial score (nSPS) is 12.1. The predicted molar refractivity (Wildman–Crippen MR) is 342 cm³/mol. The molecule has 12 rings (SSSR count). The summed E-state index contributed by atoms with van der Waals surface area (Å²) in [5, 5.41) is 44.2. The highest BCUT2D eigenvalue weighted by molar-refractivity contribution is 5.84. The Balaban J connectivity index is 0.752. The van der Waals surface area contributed by atoms with Crippen molar-refractivity contribution in [1.29, 1.82) is 0 Å². The van der Waals surface area contributed by atoms with Crippen LogP contribution in [-0.2, 0) is 0 Å².